The van der Waals surface area contributed by atoms with Crippen molar-refractivity contribution in [1.82, 2.24) is 5.32 Å². The van der Waals surface area contributed by atoms with Gasteiger partial charge in [0.1, 0.15) is 5.82 Å². The summed E-state index contributed by atoms with van der Waals surface area (Å²) in [7, 11) is -3.80. The molecule has 2 fully saturated rings. The van der Waals surface area contributed by atoms with Crippen LogP contribution in [0.4, 0.5) is 10.1 Å². The summed E-state index contributed by atoms with van der Waals surface area (Å²) in [5.41, 5.74) is 0.835. The van der Waals surface area contributed by atoms with E-state index in [-0.39, 0.29) is 16.8 Å². The fraction of sp³-hybridized carbons (Fsp3) is 0.435. The van der Waals surface area contributed by atoms with Crippen LogP contribution in [0, 0.1) is 5.82 Å². The van der Waals surface area contributed by atoms with Gasteiger partial charge in [-0.15, -0.1) is 0 Å². The third-order valence-corrected chi connectivity index (χ3v) is 7.59. The molecule has 2 N–H and O–H groups in total. The molecule has 2 aromatic carbocycles. The van der Waals surface area contributed by atoms with Crippen molar-refractivity contribution < 1.29 is 17.6 Å². The van der Waals surface area contributed by atoms with Crippen LogP contribution in [0.1, 0.15) is 56.9 Å². The molecule has 2 aliphatic rings. The van der Waals surface area contributed by atoms with Crippen molar-refractivity contribution in [3.05, 3.63) is 59.9 Å². The lowest BCUT2D eigenvalue weighted by molar-refractivity contribution is -0.124. The largest absolute Gasteiger partial charge is 0.353 e. The maximum Gasteiger partial charge on any atom is 0.261 e. The maximum atomic E-state index is 13.0. The highest BCUT2D eigenvalue weighted by Gasteiger charge is 2.51. The summed E-state index contributed by atoms with van der Waals surface area (Å²) < 4.78 is 40.5. The number of hydrogen-bond donors (Lipinski definition) is 2. The Morgan fingerprint density at radius 2 is 1.50 bits per heavy atom. The Morgan fingerprint density at radius 3 is 2.07 bits per heavy atom. The summed E-state index contributed by atoms with van der Waals surface area (Å²) in [6.45, 7) is 0. The molecule has 5 nitrogen and oxygen atoms in total. The minimum Gasteiger partial charge on any atom is -0.353 e. The lowest BCUT2D eigenvalue weighted by atomic mass is 9.94. The highest BCUT2D eigenvalue weighted by Crippen LogP contribution is 2.48. The van der Waals surface area contributed by atoms with E-state index in [9.17, 15) is 17.6 Å². The minimum atomic E-state index is -3.80. The first kappa shape index (κ1) is 20.8. The number of benzene rings is 2. The number of halogens is 1. The number of amides is 1. The molecule has 1 amide bonds. The number of hydrogen-bond acceptors (Lipinski definition) is 3. The van der Waals surface area contributed by atoms with Crippen molar-refractivity contribution in [3.63, 3.8) is 0 Å². The molecule has 0 saturated heterocycles. The summed E-state index contributed by atoms with van der Waals surface area (Å²) in [5, 5.41) is 3.26. The molecule has 0 radical (unpaired) electrons. The molecule has 0 atom stereocenters. The van der Waals surface area contributed by atoms with Crippen molar-refractivity contribution in [2.24, 2.45) is 0 Å². The first-order valence-corrected chi connectivity index (χ1v) is 12.1. The summed E-state index contributed by atoms with van der Waals surface area (Å²) in [5.74, 6) is -0.399. The number of carbonyl (C=O) groups is 1. The molecule has 0 heterocycles. The van der Waals surface area contributed by atoms with E-state index >= 15 is 0 Å². The lowest BCUT2D eigenvalue weighted by Gasteiger charge is -2.22. The van der Waals surface area contributed by atoms with E-state index in [0.29, 0.717) is 5.69 Å². The van der Waals surface area contributed by atoms with E-state index in [0.717, 1.165) is 43.4 Å². The van der Waals surface area contributed by atoms with E-state index < -0.39 is 21.3 Å². The van der Waals surface area contributed by atoms with Crippen LogP contribution in [0.5, 0.6) is 0 Å². The molecule has 160 valence electrons. The average Bonchev–Trinajstić information content (AvgIpc) is 3.54. The van der Waals surface area contributed by atoms with Gasteiger partial charge in [0, 0.05) is 11.7 Å². The molecule has 0 aromatic heterocycles. The van der Waals surface area contributed by atoms with Crippen molar-refractivity contribution in [1.29, 1.82) is 0 Å². The van der Waals surface area contributed by atoms with E-state index in [1.165, 1.54) is 37.8 Å². The number of sulfonamides is 1. The van der Waals surface area contributed by atoms with Gasteiger partial charge in [0.25, 0.3) is 10.0 Å². The third kappa shape index (κ3) is 4.51. The van der Waals surface area contributed by atoms with Crippen molar-refractivity contribution in [2.45, 2.75) is 67.7 Å². The van der Waals surface area contributed by atoms with Gasteiger partial charge in [-0.1, -0.05) is 37.8 Å². The predicted molar refractivity (Wildman–Crippen MR) is 114 cm³/mol. The quantitative estimate of drug-likeness (QED) is 0.663. The topological polar surface area (TPSA) is 75.3 Å². The summed E-state index contributed by atoms with van der Waals surface area (Å²) in [6.07, 6.45) is 8.54. The molecule has 0 aliphatic heterocycles. The molecule has 0 unspecified atom stereocenters. The smallest absolute Gasteiger partial charge is 0.261 e. The predicted octanol–water partition coefficient (Wildman–Crippen LogP) is 4.50. The van der Waals surface area contributed by atoms with Gasteiger partial charge in [-0.05, 0) is 67.6 Å². The highest BCUT2D eigenvalue weighted by molar-refractivity contribution is 7.92. The second-order valence-corrected chi connectivity index (χ2v) is 10.1. The first-order valence-electron chi connectivity index (χ1n) is 10.6. The summed E-state index contributed by atoms with van der Waals surface area (Å²) >= 11 is 0. The standard InChI is InChI=1S/C23H27FN2O3S/c24-18-9-13-21(14-10-18)30(28,29)26-20-11-7-17(8-12-20)23(15-16-23)22(27)25-19-5-3-1-2-4-6-19/h7-14,19,26H,1-6,15-16H2,(H,25,27). The fourth-order valence-corrected chi connectivity index (χ4v) is 5.26. The third-order valence-electron chi connectivity index (χ3n) is 6.19. The van der Waals surface area contributed by atoms with E-state index in [2.05, 4.69) is 10.0 Å². The molecule has 30 heavy (non-hydrogen) atoms. The van der Waals surface area contributed by atoms with Gasteiger partial charge in [-0.2, -0.15) is 0 Å². The van der Waals surface area contributed by atoms with Crippen molar-refractivity contribution >= 4 is 21.6 Å². The van der Waals surface area contributed by atoms with Crippen molar-refractivity contribution in [3.8, 4) is 0 Å². The van der Waals surface area contributed by atoms with Gasteiger partial charge >= 0.3 is 0 Å². The van der Waals surface area contributed by atoms with Gasteiger partial charge in [0.05, 0.1) is 10.3 Å². The molecular formula is C23H27FN2O3S. The zero-order chi connectivity index (χ0) is 21.2. The Hall–Kier alpha value is -2.41. The Bertz CT molecular complexity index is 992. The van der Waals surface area contributed by atoms with Gasteiger partial charge in [0.2, 0.25) is 5.91 Å². The van der Waals surface area contributed by atoms with Gasteiger partial charge in [0.15, 0.2) is 0 Å². The SMILES string of the molecule is O=C(NC1CCCCCC1)C1(c2ccc(NS(=O)(=O)c3ccc(F)cc3)cc2)CC1. The normalized spacial score (nSPS) is 19.0. The van der Waals surface area contributed by atoms with Crippen LogP contribution in [-0.4, -0.2) is 20.4 Å². The Balaban J connectivity index is 1.44. The van der Waals surface area contributed by atoms with Crippen LogP contribution in [0.2, 0.25) is 0 Å². The Kier molecular flexibility index (Phi) is 5.82. The molecular weight excluding hydrogens is 403 g/mol. The lowest BCUT2D eigenvalue weighted by Crippen LogP contribution is -2.41. The number of carbonyl (C=O) groups excluding carboxylic acids is 1. The van der Waals surface area contributed by atoms with E-state index in [1.54, 1.807) is 12.1 Å². The second kappa shape index (κ2) is 8.38. The van der Waals surface area contributed by atoms with Crippen LogP contribution in [-0.2, 0) is 20.2 Å². The molecule has 0 bridgehead atoms. The van der Waals surface area contributed by atoms with Crippen LogP contribution in [0.15, 0.2) is 53.4 Å². The zero-order valence-corrected chi connectivity index (χ0v) is 17.7. The monoisotopic (exact) mass is 430 g/mol. The summed E-state index contributed by atoms with van der Waals surface area (Å²) in [4.78, 5) is 13.0. The maximum absolute atomic E-state index is 13.0. The highest BCUT2D eigenvalue weighted by atomic mass is 32.2. The van der Waals surface area contributed by atoms with Crippen LogP contribution in [0.25, 0.3) is 0 Å². The minimum absolute atomic E-state index is 0.00517. The fourth-order valence-electron chi connectivity index (χ4n) is 4.20. The van der Waals surface area contributed by atoms with Gasteiger partial charge < -0.3 is 5.32 Å². The Labute approximate surface area is 177 Å². The van der Waals surface area contributed by atoms with Crippen LogP contribution < -0.4 is 10.0 Å². The zero-order valence-electron chi connectivity index (χ0n) is 16.9. The first-order chi connectivity index (χ1) is 14.4. The number of nitrogens with one attached hydrogen (secondary N) is 2. The molecule has 4 rings (SSSR count). The second-order valence-electron chi connectivity index (χ2n) is 8.38. The molecule has 2 saturated carbocycles. The molecule has 0 spiro atoms. The average molecular weight is 431 g/mol. The molecule has 7 heteroatoms. The van der Waals surface area contributed by atoms with Gasteiger partial charge in [-0.3, -0.25) is 9.52 Å². The molecule has 2 aliphatic carbocycles. The van der Waals surface area contributed by atoms with E-state index in [1.807, 2.05) is 12.1 Å². The Morgan fingerprint density at radius 1 is 0.900 bits per heavy atom. The van der Waals surface area contributed by atoms with Crippen LogP contribution in [0.3, 0.4) is 0 Å². The van der Waals surface area contributed by atoms with Crippen LogP contribution >= 0.6 is 0 Å². The molecule has 2 aromatic rings. The number of rotatable bonds is 6. The van der Waals surface area contributed by atoms with E-state index in [4.69, 9.17) is 0 Å². The van der Waals surface area contributed by atoms with Gasteiger partial charge in [-0.25, -0.2) is 12.8 Å². The number of anilines is 1. The summed E-state index contributed by atoms with van der Waals surface area (Å²) in [6, 6.07) is 11.9. The van der Waals surface area contributed by atoms with Crippen molar-refractivity contribution in [2.75, 3.05) is 4.72 Å².